The molecule has 1 heterocycles. The molecule has 0 spiro atoms. The van der Waals surface area contributed by atoms with Crippen molar-refractivity contribution in [1.82, 2.24) is 9.13 Å². The van der Waals surface area contributed by atoms with Crippen LogP contribution in [0.2, 0.25) is 0 Å². The minimum atomic E-state index is -0.920. The van der Waals surface area contributed by atoms with Crippen LogP contribution in [-0.2, 0) is 17.9 Å². The van der Waals surface area contributed by atoms with E-state index in [1.807, 2.05) is 6.92 Å². The first kappa shape index (κ1) is 18.5. The molecular formula is C19H17F2N3O3. The fourth-order valence-corrected chi connectivity index (χ4v) is 2.87. The van der Waals surface area contributed by atoms with Gasteiger partial charge in [0.05, 0.1) is 16.6 Å². The Balaban J connectivity index is 2.02. The van der Waals surface area contributed by atoms with Gasteiger partial charge in [-0.05, 0) is 30.7 Å². The SMILES string of the molecule is CCCn1c(=O)c2ccccc2n(CC(=O)Nc2ccc(F)cc2F)c1=O. The highest BCUT2D eigenvalue weighted by atomic mass is 19.1. The molecule has 0 saturated heterocycles. The molecule has 3 aromatic rings. The molecule has 140 valence electrons. The van der Waals surface area contributed by atoms with Crippen molar-refractivity contribution < 1.29 is 13.6 Å². The normalized spacial score (nSPS) is 10.9. The van der Waals surface area contributed by atoms with Crippen molar-refractivity contribution in [3.8, 4) is 0 Å². The van der Waals surface area contributed by atoms with E-state index in [1.165, 1.54) is 4.57 Å². The molecule has 1 aromatic heterocycles. The van der Waals surface area contributed by atoms with Gasteiger partial charge in [0.1, 0.15) is 18.2 Å². The van der Waals surface area contributed by atoms with E-state index in [0.717, 1.165) is 16.7 Å². The van der Waals surface area contributed by atoms with Crippen molar-refractivity contribution in [3.63, 3.8) is 0 Å². The van der Waals surface area contributed by atoms with Gasteiger partial charge in [0.2, 0.25) is 5.91 Å². The van der Waals surface area contributed by atoms with E-state index in [2.05, 4.69) is 5.32 Å². The van der Waals surface area contributed by atoms with Gasteiger partial charge < -0.3 is 5.32 Å². The molecule has 2 aromatic carbocycles. The third-order valence-corrected chi connectivity index (χ3v) is 4.09. The predicted octanol–water partition coefficient (Wildman–Crippen LogP) is 2.49. The van der Waals surface area contributed by atoms with Gasteiger partial charge in [-0.3, -0.25) is 18.7 Å². The van der Waals surface area contributed by atoms with Crippen LogP contribution in [-0.4, -0.2) is 15.0 Å². The van der Waals surface area contributed by atoms with Crippen molar-refractivity contribution in [1.29, 1.82) is 0 Å². The topological polar surface area (TPSA) is 73.1 Å². The average molecular weight is 373 g/mol. The van der Waals surface area contributed by atoms with Gasteiger partial charge in [0, 0.05) is 12.6 Å². The number of para-hydroxylation sites is 1. The lowest BCUT2D eigenvalue weighted by molar-refractivity contribution is -0.116. The molecule has 0 aliphatic heterocycles. The summed E-state index contributed by atoms with van der Waals surface area (Å²) in [4.78, 5) is 37.6. The lowest BCUT2D eigenvalue weighted by Crippen LogP contribution is -2.41. The van der Waals surface area contributed by atoms with Crippen molar-refractivity contribution in [2.24, 2.45) is 0 Å². The number of nitrogens with zero attached hydrogens (tertiary/aromatic N) is 2. The Kier molecular flexibility index (Phi) is 5.16. The standard InChI is InChI=1S/C19H17F2N3O3/c1-2-9-23-18(26)13-5-3-4-6-16(13)24(19(23)27)11-17(25)22-15-8-7-12(20)10-14(15)21/h3-8,10H,2,9,11H2,1H3,(H,22,25). The summed E-state index contributed by atoms with van der Waals surface area (Å²) in [5.74, 6) is -2.36. The quantitative estimate of drug-likeness (QED) is 0.747. The fraction of sp³-hybridized carbons (Fsp3) is 0.211. The minimum absolute atomic E-state index is 0.194. The second-order valence-corrected chi connectivity index (χ2v) is 6.02. The molecule has 27 heavy (non-hydrogen) atoms. The highest BCUT2D eigenvalue weighted by molar-refractivity contribution is 5.91. The highest BCUT2D eigenvalue weighted by Crippen LogP contribution is 2.15. The number of fused-ring (bicyclic) bond motifs is 1. The highest BCUT2D eigenvalue weighted by Gasteiger charge is 2.15. The van der Waals surface area contributed by atoms with Gasteiger partial charge in [0.25, 0.3) is 5.56 Å². The summed E-state index contributed by atoms with van der Waals surface area (Å²) < 4.78 is 29.0. The van der Waals surface area contributed by atoms with Crippen LogP contribution >= 0.6 is 0 Å². The number of hydrogen-bond acceptors (Lipinski definition) is 3. The summed E-state index contributed by atoms with van der Waals surface area (Å²) in [6.07, 6.45) is 0.570. The van der Waals surface area contributed by atoms with Crippen LogP contribution in [0, 0.1) is 11.6 Å². The number of carbonyl (C=O) groups is 1. The molecule has 0 aliphatic carbocycles. The lowest BCUT2D eigenvalue weighted by atomic mass is 10.2. The van der Waals surface area contributed by atoms with Crippen LogP contribution in [0.5, 0.6) is 0 Å². The Labute approximate surface area is 152 Å². The lowest BCUT2D eigenvalue weighted by Gasteiger charge is -2.14. The number of rotatable bonds is 5. The number of nitrogens with one attached hydrogen (secondary N) is 1. The molecule has 0 atom stereocenters. The number of amides is 1. The fourth-order valence-electron chi connectivity index (χ4n) is 2.87. The maximum atomic E-state index is 13.7. The second-order valence-electron chi connectivity index (χ2n) is 6.02. The molecule has 6 nitrogen and oxygen atoms in total. The number of benzene rings is 2. The van der Waals surface area contributed by atoms with Gasteiger partial charge in [-0.2, -0.15) is 0 Å². The van der Waals surface area contributed by atoms with Crippen LogP contribution in [0.15, 0.2) is 52.1 Å². The first-order valence-electron chi connectivity index (χ1n) is 8.39. The summed E-state index contributed by atoms with van der Waals surface area (Å²) in [6.45, 7) is 1.63. The van der Waals surface area contributed by atoms with Gasteiger partial charge in [-0.25, -0.2) is 13.6 Å². The number of halogens is 2. The van der Waals surface area contributed by atoms with Gasteiger partial charge >= 0.3 is 5.69 Å². The Hall–Kier alpha value is -3.29. The molecule has 0 saturated carbocycles. The van der Waals surface area contributed by atoms with Crippen molar-refractivity contribution >= 4 is 22.5 Å². The van der Waals surface area contributed by atoms with Crippen molar-refractivity contribution in [2.45, 2.75) is 26.4 Å². The Morgan fingerprint density at radius 1 is 1.07 bits per heavy atom. The zero-order valence-corrected chi connectivity index (χ0v) is 14.5. The predicted molar refractivity (Wildman–Crippen MR) is 97.7 cm³/mol. The third kappa shape index (κ3) is 3.64. The van der Waals surface area contributed by atoms with E-state index in [9.17, 15) is 23.2 Å². The smallest absolute Gasteiger partial charge is 0.322 e. The number of aromatic nitrogens is 2. The minimum Gasteiger partial charge on any atom is -0.322 e. The zero-order valence-electron chi connectivity index (χ0n) is 14.5. The van der Waals surface area contributed by atoms with Crippen LogP contribution in [0.3, 0.4) is 0 Å². The van der Waals surface area contributed by atoms with E-state index < -0.39 is 35.3 Å². The number of carbonyl (C=O) groups excluding carboxylic acids is 1. The monoisotopic (exact) mass is 373 g/mol. The van der Waals surface area contributed by atoms with Gasteiger partial charge in [-0.15, -0.1) is 0 Å². The van der Waals surface area contributed by atoms with E-state index in [-0.39, 0.29) is 12.2 Å². The van der Waals surface area contributed by atoms with Gasteiger partial charge in [-0.1, -0.05) is 19.1 Å². The van der Waals surface area contributed by atoms with E-state index in [4.69, 9.17) is 0 Å². The van der Waals surface area contributed by atoms with E-state index in [1.54, 1.807) is 24.3 Å². The van der Waals surface area contributed by atoms with E-state index in [0.29, 0.717) is 23.4 Å². The zero-order chi connectivity index (χ0) is 19.6. The van der Waals surface area contributed by atoms with Crippen molar-refractivity contribution in [2.75, 3.05) is 5.32 Å². The average Bonchev–Trinajstić information content (AvgIpc) is 2.64. The summed E-state index contributed by atoms with van der Waals surface area (Å²) >= 11 is 0. The Morgan fingerprint density at radius 3 is 2.52 bits per heavy atom. The second kappa shape index (κ2) is 7.53. The largest absolute Gasteiger partial charge is 0.331 e. The number of hydrogen-bond donors (Lipinski definition) is 1. The molecule has 0 unspecified atom stereocenters. The summed E-state index contributed by atoms with van der Waals surface area (Å²) in [6, 6.07) is 9.24. The Bertz CT molecular complexity index is 1140. The number of anilines is 1. The third-order valence-electron chi connectivity index (χ3n) is 4.09. The molecule has 0 bridgehead atoms. The van der Waals surface area contributed by atoms with Crippen LogP contribution in [0.25, 0.3) is 10.9 Å². The molecule has 0 radical (unpaired) electrons. The molecule has 3 rings (SSSR count). The van der Waals surface area contributed by atoms with Crippen LogP contribution in [0.4, 0.5) is 14.5 Å². The maximum absolute atomic E-state index is 13.7. The molecule has 8 heteroatoms. The molecular weight excluding hydrogens is 356 g/mol. The summed E-state index contributed by atoms with van der Waals surface area (Å²) in [5, 5.41) is 2.63. The van der Waals surface area contributed by atoms with E-state index >= 15 is 0 Å². The molecule has 0 fully saturated rings. The first-order chi connectivity index (χ1) is 12.9. The Morgan fingerprint density at radius 2 is 1.81 bits per heavy atom. The molecule has 1 amide bonds. The maximum Gasteiger partial charge on any atom is 0.331 e. The molecule has 0 aliphatic rings. The van der Waals surface area contributed by atoms with Crippen LogP contribution in [0.1, 0.15) is 13.3 Å². The first-order valence-corrected chi connectivity index (χ1v) is 8.39. The van der Waals surface area contributed by atoms with Crippen LogP contribution < -0.4 is 16.6 Å². The van der Waals surface area contributed by atoms with Crippen molar-refractivity contribution in [3.05, 3.63) is 74.9 Å². The molecule has 1 N–H and O–H groups in total. The van der Waals surface area contributed by atoms with Gasteiger partial charge in [0.15, 0.2) is 0 Å². The summed E-state index contributed by atoms with van der Waals surface area (Å²) in [5.41, 5.74) is -0.913. The summed E-state index contributed by atoms with van der Waals surface area (Å²) in [7, 11) is 0.